The van der Waals surface area contributed by atoms with Crippen molar-refractivity contribution in [2.45, 2.75) is 6.92 Å². The summed E-state index contributed by atoms with van der Waals surface area (Å²) in [6.07, 6.45) is 0.462. The van der Waals surface area contributed by atoms with Crippen molar-refractivity contribution in [2.75, 3.05) is 0 Å². The molecule has 0 fully saturated rings. The summed E-state index contributed by atoms with van der Waals surface area (Å²) in [5.41, 5.74) is 1.69. The van der Waals surface area contributed by atoms with Gasteiger partial charge in [0.2, 0.25) is 0 Å². The second-order valence-electron chi connectivity index (χ2n) is 3.84. The van der Waals surface area contributed by atoms with Gasteiger partial charge in [-0.25, -0.2) is 8.78 Å². The van der Waals surface area contributed by atoms with Gasteiger partial charge in [-0.15, -0.1) is 0 Å². The molecule has 0 saturated heterocycles. The molecule has 86 valence electrons. The first-order valence-electron chi connectivity index (χ1n) is 5.13. The lowest BCUT2D eigenvalue weighted by atomic mass is 9.98. The first-order chi connectivity index (χ1) is 8.11. The number of halogens is 2. The van der Waals surface area contributed by atoms with Crippen molar-refractivity contribution >= 4 is 6.29 Å². The Morgan fingerprint density at radius 3 is 2.53 bits per heavy atom. The maximum atomic E-state index is 13.7. The summed E-state index contributed by atoms with van der Waals surface area (Å²) < 4.78 is 26.7. The third kappa shape index (κ3) is 2.23. The molecule has 0 bridgehead atoms. The van der Waals surface area contributed by atoms with Crippen molar-refractivity contribution in [1.29, 1.82) is 0 Å². The van der Waals surface area contributed by atoms with E-state index < -0.39 is 11.6 Å². The van der Waals surface area contributed by atoms with Crippen LogP contribution in [0.1, 0.15) is 15.9 Å². The van der Waals surface area contributed by atoms with E-state index in [-0.39, 0.29) is 11.1 Å². The zero-order chi connectivity index (χ0) is 12.4. The van der Waals surface area contributed by atoms with Crippen LogP contribution in [0.5, 0.6) is 0 Å². The van der Waals surface area contributed by atoms with Crippen LogP contribution in [-0.4, -0.2) is 6.29 Å². The molecule has 0 heterocycles. The highest BCUT2D eigenvalue weighted by Gasteiger charge is 2.12. The molecule has 0 aromatic heterocycles. The minimum atomic E-state index is -0.749. The van der Waals surface area contributed by atoms with Crippen molar-refractivity contribution < 1.29 is 13.6 Å². The van der Waals surface area contributed by atoms with Crippen LogP contribution in [0, 0.1) is 18.6 Å². The molecule has 0 aliphatic rings. The highest BCUT2D eigenvalue weighted by molar-refractivity contribution is 5.87. The smallest absolute Gasteiger partial charge is 0.150 e. The van der Waals surface area contributed by atoms with Gasteiger partial charge in [0.15, 0.2) is 6.29 Å². The lowest BCUT2D eigenvalue weighted by molar-refractivity contribution is 0.112. The van der Waals surface area contributed by atoms with E-state index in [9.17, 15) is 13.6 Å². The summed E-state index contributed by atoms with van der Waals surface area (Å²) in [5, 5.41) is 0. The maximum Gasteiger partial charge on any atom is 0.150 e. The van der Waals surface area contributed by atoms with E-state index in [4.69, 9.17) is 0 Å². The van der Waals surface area contributed by atoms with Gasteiger partial charge in [-0.1, -0.05) is 29.8 Å². The number of aryl methyl sites for hydroxylation is 1. The second kappa shape index (κ2) is 4.45. The Bertz CT molecular complexity index is 576. The molecule has 0 aliphatic heterocycles. The Balaban J connectivity index is 2.70. The number of carbonyl (C=O) groups is 1. The average Bonchev–Trinajstić information content (AvgIpc) is 2.27. The molecular weight excluding hydrogens is 222 g/mol. The number of rotatable bonds is 2. The predicted octanol–water partition coefficient (Wildman–Crippen LogP) is 3.75. The Morgan fingerprint density at radius 1 is 1.12 bits per heavy atom. The van der Waals surface area contributed by atoms with Gasteiger partial charge < -0.3 is 0 Å². The number of hydrogen-bond donors (Lipinski definition) is 0. The largest absolute Gasteiger partial charge is 0.298 e. The third-order valence-corrected chi connectivity index (χ3v) is 2.52. The Labute approximate surface area is 97.7 Å². The molecule has 1 nitrogen and oxygen atoms in total. The molecule has 0 saturated carbocycles. The van der Waals surface area contributed by atoms with Crippen LogP contribution in [-0.2, 0) is 0 Å². The fraction of sp³-hybridized carbons (Fsp3) is 0.0714. The maximum absolute atomic E-state index is 13.7. The highest BCUT2D eigenvalue weighted by atomic mass is 19.1. The monoisotopic (exact) mass is 232 g/mol. The molecule has 2 aromatic carbocycles. The quantitative estimate of drug-likeness (QED) is 0.720. The van der Waals surface area contributed by atoms with Crippen LogP contribution in [0.4, 0.5) is 8.78 Å². The topological polar surface area (TPSA) is 17.1 Å². The van der Waals surface area contributed by atoms with Gasteiger partial charge in [0.25, 0.3) is 0 Å². The van der Waals surface area contributed by atoms with Crippen molar-refractivity contribution in [3.05, 3.63) is 59.2 Å². The molecule has 0 radical (unpaired) electrons. The van der Waals surface area contributed by atoms with E-state index in [1.54, 1.807) is 18.2 Å². The van der Waals surface area contributed by atoms with Crippen LogP contribution in [0.25, 0.3) is 11.1 Å². The molecule has 2 aromatic rings. The molecular formula is C14H10F2O. The molecule has 0 spiro atoms. The zero-order valence-electron chi connectivity index (χ0n) is 9.21. The first-order valence-corrected chi connectivity index (χ1v) is 5.13. The van der Waals surface area contributed by atoms with Gasteiger partial charge in [-0.05, 0) is 18.6 Å². The fourth-order valence-electron chi connectivity index (χ4n) is 1.79. The molecule has 0 amide bonds. The van der Waals surface area contributed by atoms with Gasteiger partial charge in [0.05, 0.1) is 0 Å². The van der Waals surface area contributed by atoms with Gasteiger partial charge in [-0.2, -0.15) is 0 Å². The third-order valence-electron chi connectivity index (χ3n) is 2.52. The summed E-state index contributed by atoms with van der Waals surface area (Å²) in [7, 11) is 0. The molecule has 17 heavy (non-hydrogen) atoms. The molecule has 2 rings (SSSR count). The number of carbonyl (C=O) groups excluding carboxylic acids is 1. The van der Waals surface area contributed by atoms with Gasteiger partial charge >= 0.3 is 0 Å². The Morgan fingerprint density at radius 2 is 1.88 bits per heavy atom. The number of aldehydes is 1. The predicted molar refractivity (Wildman–Crippen MR) is 61.9 cm³/mol. The van der Waals surface area contributed by atoms with Gasteiger partial charge in [0, 0.05) is 17.2 Å². The van der Waals surface area contributed by atoms with Crippen LogP contribution in [0.3, 0.4) is 0 Å². The number of benzene rings is 2. The van der Waals surface area contributed by atoms with E-state index in [1.807, 2.05) is 13.0 Å². The van der Waals surface area contributed by atoms with Gasteiger partial charge in [-0.3, -0.25) is 4.79 Å². The summed E-state index contributed by atoms with van der Waals surface area (Å²) in [6.45, 7) is 1.87. The summed E-state index contributed by atoms with van der Waals surface area (Å²) >= 11 is 0. The van der Waals surface area contributed by atoms with Crippen molar-refractivity contribution in [3.8, 4) is 11.1 Å². The van der Waals surface area contributed by atoms with Crippen LogP contribution in [0.2, 0.25) is 0 Å². The lowest BCUT2D eigenvalue weighted by Gasteiger charge is -2.07. The van der Waals surface area contributed by atoms with E-state index in [0.29, 0.717) is 11.8 Å². The zero-order valence-corrected chi connectivity index (χ0v) is 9.21. The SMILES string of the molecule is Cc1cccc(-c2c(F)cc(F)cc2C=O)c1. The normalized spacial score (nSPS) is 10.3. The summed E-state index contributed by atoms with van der Waals surface area (Å²) in [4.78, 5) is 10.9. The van der Waals surface area contributed by atoms with Crippen molar-refractivity contribution in [1.82, 2.24) is 0 Å². The molecule has 0 unspecified atom stereocenters. The summed E-state index contributed by atoms with van der Waals surface area (Å²) in [6, 6.07) is 8.89. The Kier molecular flexibility index (Phi) is 3.00. The summed E-state index contributed by atoms with van der Waals surface area (Å²) in [5.74, 6) is -1.47. The minimum absolute atomic E-state index is 0.0214. The van der Waals surface area contributed by atoms with E-state index in [0.717, 1.165) is 17.7 Å². The van der Waals surface area contributed by atoms with Crippen LogP contribution in [0.15, 0.2) is 36.4 Å². The number of hydrogen-bond acceptors (Lipinski definition) is 1. The molecule has 0 aliphatic carbocycles. The molecule has 0 atom stereocenters. The van der Waals surface area contributed by atoms with E-state index >= 15 is 0 Å². The van der Waals surface area contributed by atoms with Gasteiger partial charge in [0.1, 0.15) is 11.6 Å². The fourth-order valence-corrected chi connectivity index (χ4v) is 1.79. The van der Waals surface area contributed by atoms with Crippen LogP contribution < -0.4 is 0 Å². The van der Waals surface area contributed by atoms with E-state index in [1.165, 1.54) is 0 Å². The highest BCUT2D eigenvalue weighted by Crippen LogP contribution is 2.27. The lowest BCUT2D eigenvalue weighted by Crippen LogP contribution is -1.94. The second-order valence-corrected chi connectivity index (χ2v) is 3.84. The van der Waals surface area contributed by atoms with E-state index in [2.05, 4.69) is 0 Å². The van der Waals surface area contributed by atoms with Crippen LogP contribution >= 0.6 is 0 Å². The Hall–Kier alpha value is -2.03. The first kappa shape index (κ1) is 11.5. The molecule has 3 heteroatoms. The van der Waals surface area contributed by atoms with Crippen molar-refractivity contribution in [3.63, 3.8) is 0 Å². The van der Waals surface area contributed by atoms with Crippen molar-refractivity contribution in [2.24, 2.45) is 0 Å². The average molecular weight is 232 g/mol. The standard InChI is InChI=1S/C14H10F2O/c1-9-3-2-4-10(5-9)14-11(8-17)6-12(15)7-13(14)16/h2-8H,1H3. The molecule has 0 N–H and O–H groups in total. The minimum Gasteiger partial charge on any atom is -0.298 e.